The molecule has 0 radical (unpaired) electrons. The number of nitrogens with zero attached hydrogens (tertiary/aromatic N) is 2. The Morgan fingerprint density at radius 1 is 0.851 bits per heavy atom. The SMILES string of the molecule is COc1ccc(S(=O)(=O)N(CC(=O)N(Cc2ccccc2F)C(Cc2ccccc2)C(=O)NC2CCCCC2)c2ccccc2)cc1. The van der Waals surface area contributed by atoms with Gasteiger partial charge in [-0.05, 0) is 60.9 Å². The molecule has 47 heavy (non-hydrogen) atoms. The fourth-order valence-electron chi connectivity index (χ4n) is 5.91. The van der Waals surface area contributed by atoms with Gasteiger partial charge in [0.2, 0.25) is 11.8 Å². The lowest BCUT2D eigenvalue weighted by atomic mass is 9.94. The van der Waals surface area contributed by atoms with E-state index in [1.807, 2.05) is 30.3 Å². The smallest absolute Gasteiger partial charge is 0.264 e. The molecule has 1 aliphatic carbocycles. The zero-order valence-corrected chi connectivity index (χ0v) is 27.2. The number of hydrogen-bond donors (Lipinski definition) is 1. The highest BCUT2D eigenvalue weighted by atomic mass is 32.2. The fraction of sp³-hybridized carbons (Fsp3) is 0.297. The molecule has 1 atom stereocenters. The number of methoxy groups -OCH3 is 1. The Balaban J connectivity index is 1.55. The molecule has 1 N–H and O–H groups in total. The number of nitrogens with one attached hydrogen (secondary N) is 1. The molecular formula is C37H40FN3O5S. The van der Waals surface area contributed by atoms with E-state index in [9.17, 15) is 18.0 Å². The van der Waals surface area contributed by atoms with E-state index in [1.165, 1.54) is 42.3 Å². The Morgan fingerprint density at radius 3 is 2.11 bits per heavy atom. The summed E-state index contributed by atoms with van der Waals surface area (Å²) in [5.41, 5.74) is 1.30. The number of amides is 2. The van der Waals surface area contributed by atoms with Crippen molar-refractivity contribution in [2.24, 2.45) is 0 Å². The number of hydrogen-bond acceptors (Lipinski definition) is 5. The third kappa shape index (κ3) is 8.56. The van der Waals surface area contributed by atoms with Crippen molar-refractivity contribution in [2.75, 3.05) is 18.0 Å². The molecule has 0 aliphatic heterocycles. The molecule has 4 aromatic rings. The van der Waals surface area contributed by atoms with E-state index in [0.717, 1.165) is 42.0 Å². The van der Waals surface area contributed by atoms with E-state index in [-0.39, 0.29) is 41.1 Å². The Morgan fingerprint density at radius 2 is 1.47 bits per heavy atom. The van der Waals surface area contributed by atoms with E-state index in [4.69, 9.17) is 4.74 Å². The number of sulfonamides is 1. The predicted octanol–water partition coefficient (Wildman–Crippen LogP) is 6.12. The molecule has 246 valence electrons. The van der Waals surface area contributed by atoms with Crippen LogP contribution >= 0.6 is 0 Å². The summed E-state index contributed by atoms with van der Waals surface area (Å²) in [6.45, 7) is -0.846. The Kier molecular flexibility index (Phi) is 11.3. The van der Waals surface area contributed by atoms with Crippen LogP contribution in [0.3, 0.4) is 0 Å². The minimum atomic E-state index is -4.26. The molecule has 2 amide bonds. The van der Waals surface area contributed by atoms with Gasteiger partial charge in [0.25, 0.3) is 10.0 Å². The minimum absolute atomic E-state index is 0.0313. The minimum Gasteiger partial charge on any atom is -0.497 e. The molecule has 0 saturated heterocycles. The van der Waals surface area contributed by atoms with Crippen LogP contribution in [0, 0.1) is 5.82 Å². The van der Waals surface area contributed by atoms with Gasteiger partial charge in [-0.15, -0.1) is 0 Å². The molecule has 10 heteroatoms. The molecule has 1 saturated carbocycles. The number of halogens is 1. The van der Waals surface area contributed by atoms with E-state index in [1.54, 1.807) is 48.5 Å². The van der Waals surface area contributed by atoms with Crippen molar-refractivity contribution in [2.45, 2.75) is 62.0 Å². The topological polar surface area (TPSA) is 96.0 Å². The van der Waals surface area contributed by atoms with E-state index < -0.39 is 34.3 Å². The summed E-state index contributed by atoms with van der Waals surface area (Å²) in [5.74, 6) is -1.04. The number of rotatable bonds is 13. The summed E-state index contributed by atoms with van der Waals surface area (Å²) in [6, 6.07) is 28.6. The second-order valence-corrected chi connectivity index (χ2v) is 13.5. The summed E-state index contributed by atoms with van der Waals surface area (Å²) in [7, 11) is -2.78. The summed E-state index contributed by atoms with van der Waals surface area (Å²) in [5, 5.41) is 3.16. The van der Waals surface area contributed by atoms with Crippen molar-refractivity contribution in [3.8, 4) is 5.75 Å². The van der Waals surface area contributed by atoms with E-state index in [0.29, 0.717) is 5.75 Å². The van der Waals surface area contributed by atoms with Gasteiger partial charge in [0.1, 0.15) is 24.2 Å². The maximum absolute atomic E-state index is 15.1. The molecule has 5 rings (SSSR count). The van der Waals surface area contributed by atoms with Gasteiger partial charge in [-0.3, -0.25) is 13.9 Å². The van der Waals surface area contributed by atoms with Crippen LogP contribution in [0.4, 0.5) is 10.1 Å². The maximum Gasteiger partial charge on any atom is 0.264 e. The molecule has 0 spiro atoms. The van der Waals surface area contributed by atoms with E-state index >= 15 is 4.39 Å². The van der Waals surface area contributed by atoms with Crippen LogP contribution in [-0.4, -0.2) is 50.9 Å². The zero-order chi connectivity index (χ0) is 33.2. The monoisotopic (exact) mass is 657 g/mol. The molecule has 1 fully saturated rings. The van der Waals surface area contributed by atoms with Crippen LogP contribution < -0.4 is 14.4 Å². The highest BCUT2D eigenvalue weighted by Gasteiger charge is 2.35. The normalized spacial score (nSPS) is 14.2. The van der Waals surface area contributed by atoms with Gasteiger partial charge in [0.05, 0.1) is 17.7 Å². The average Bonchev–Trinajstić information content (AvgIpc) is 3.10. The van der Waals surface area contributed by atoms with Crippen molar-refractivity contribution in [3.63, 3.8) is 0 Å². The standard InChI is InChI=1S/C37H40FN3O5S/c1-46-32-21-23-33(24-22-32)47(44,45)41(31-18-9-4-10-19-31)27-36(42)40(26-29-15-11-12-20-34(29)38)35(25-28-13-5-2-6-14-28)37(43)39-30-16-7-3-8-17-30/h2,4-6,9-15,18-24,30,35H,3,7-8,16-17,25-27H2,1H3,(H,39,43). The summed E-state index contributed by atoms with van der Waals surface area (Å²) >= 11 is 0. The lowest BCUT2D eigenvalue weighted by Gasteiger charge is -2.35. The third-order valence-electron chi connectivity index (χ3n) is 8.49. The van der Waals surface area contributed by atoms with E-state index in [2.05, 4.69) is 5.32 Å². The largest absolute Gasteiger partial charge is 0.497 e. The van der Waals surface area contributed by atoms with Gasteiger partial charge in [-0.25, -0.2) is 12.8 Å². The number of para-hydroxylation sites is 1. The first kappa shape index (κ1) is 33.7. The highest BCUT2D eigenvalue weighted by molar-refractivity contribution is 7.92. The molecule has 0 aromatic heterocycles. The predicted molar refractivity (Wildman–Crippen MR) is 180 cm³/mol. The molecule has 1 unspecified atom stereocenters. The van der Waals surface area contributed by atoms with Crippen LogP contribution in [0.15, 0.2) is 114 Å². The van der Waals surface area contributed by atoms with Gasteiger partial charge in [-0.1, -0.05) is 86.0 Å². The molecule has 4 aromatic carbocycles. The maximum atomic E-state index is 15.1. The van der Waals surface area contributed by atoms with Crippen molar-refractivity contribution in [3.05, 3.63) is 126 Å². The van der Waals surface area contributed by atoms with Crippen LogP contribution in [0.2, 0.25) is 0 Å². The first-order valence-electron chi connectivity index (χ1n) is 15.9. The van der Waals surface area contributed by atoms with Crippen molar-refractivity contribution in [1.29, 1.82) is 0 Å². The second kappa shape index (κ2) is 15.7. The lowest BCUT2D eigenvalue weighted by molar-refractivity contribution is -0.140. The quantitative estimate of drug-likeness (QED) is 0.187. The fourth-order valence-corrected chi connectivity index (χ4v) is 7.32. The third-order valence-corrected chi connectivity index (χ3v) is 10.3. The Hall–Kier alpha value is -4.70. The van der Waals surface area contributed by atoms with Crippen LogP contribution in [0.1, 0.15) is 43.2 Å². The molecule has 8 nitrogen and oxygen atoms in total. The Labute approximate surface area is 276 Å². The molecule has 1 aliphatic rings. The van der Waals surface area contributed by atoms with Gasteiger partial charge < -0.3 is 15.0 Å². The van der Waals surface area contributed by atoms with Crippen LogP contribution in [0.25, 0.3) is 0 Å². The summed E-state index contributed by atoms with van der Waals surface area (Å²) in [6.07, 6.45) is 4.95. The van der Waals surface area contributed by atoms with Crippen molar-refractivity contribution in [1.82, 2.24) is 10.2 Å². The average molecular weight is 658 g/mol. The van der Waals surface area contributed by atoms with Gasteiger partial charge in [0, 0.05) is 24.6 Å². The summed E-state index contributed by atoms with van der Waals surface area (Å²) in [4.78, 5) is 30.0. The summed E-state index contributed by atoms with van der Waals surface area (Å²) < 4.78 is 49.6. The first-order valence-corrected chi connectivity index (χ1v) is 17.3. The zero-order valence-electron chi connectivity index (χ0n) is 26.4. The molecule has 0 bridgehead atoms. The molecular weight excluding hydrogens is 617 g/mol. The van der Waals surface area contributed by atoms with Gasteiger partial charge >= 0.3 is 0 Å². The van der Waals surface area contributed by atoms with Gasteiger partial charge in [-0.2, -0.15) is 0 Å². The van der Waals surface area contributed by atoms with Crippen LogP contribution in [0.5, 0.6) is 5.75 Å². The second-order valence-electron chi connectivity index (χ2n) is 11.7. The van der Waals surface area contributed by atoms with Crippen molar-refractivity contribution >= 4 is 27.5 Å². The van der Waals surface area contributed by atoms with Crippen LogP contribution in [-0.2, 0) is 32.6 Å². The number of anilines is 1. The number of carbonyl (C=O) groups is 2. The highest BCUT2D eigenvalue weighted by Crippen LogP contribution is 2.27. The number of ether oxygens (including phenoxy) is 1. The Bertz CT molecular complexity index is 1730. The first-order chi connectivity index (χ1) is 22.8. The lowest BCUT2D eigenvalue weighted by Crippen LogP contribution is -2.55. The number of carbonyl (C=O) groups excluding carboxylic acids is 2. The number of benzene rings is 4. The van der Waals surface area contributed by atoms with Gasteiger partial charge in [0.15, 0.2) is 0 Å². The van der Waals surface area contributed by atoms with Crippen molar-refractivity contribution < 1.29 is 27.1 Å². The molecule has 0 heterocycles.